The fourth-order valence-corrected chi connectivity index (χ4v) is 3.81. The number of methoxy groups -OCH3 is 3. The van der Waals surface area contributed by atoms with Crippen molar-refractivity contribution in [2.45, 2.75) is 33.2 Å². The average molecular weight is 387 g/mol. The largest absolute Gasteiger partial charge is 0.493 e. The van der Waals surface area contributed by atoms with Crippen LogP contribution < -0.4 is 14.2 Å². The third kappa shape index (κ3) is 4.08. The molecule has 1 amide bonds. The van der Waals surface area contributed by atoms with E-state index < -0.39 is 0 Å². The van der Waals surface area contributed by atoms with E-state index in [0.29, 0.717) is 28.7 Å². The highest BCUT2D eigenvalue weighted by atomic mass is 16.5. The van der Waals surface area contributed by atoms with Crippen LogP contribution in [0.4, 0.5) is 0 Å². The van der Waals surface area contributed by atoms with Gasteiger partial charge in [0.05, 0.1) is 27.0 Å². The lowest BCUT2D eigenvalue weighted by Crippen LogP contribution is -2.39. The van der Waals surface area contributed by atoms with Crippen LogP contribution >= 0.6 is 0 Å². The van der Waals surface area contributed by atoms with Gasteiger partial charge >= 0.3 is 0 Å². The van der Waals surface area contributed by atoms with Crippen LogP contribution in [0.3, 0.4) is 0 Å². The van der Waals surface area contributed by atoms with Crippen LogP contribution in [0.25, 0.3) is 0 Å². The molecule has 0 aliphatic carbocycles. The summed E-state index contributed by atoms with van der Waals surface area (Å²) in [6, 6.07) is 5.53. The molecule has 28 heavy (non-hydrogen) atoms. The number of hydrogen-bond donors (Lipinski definition) is 0. The van der Waals surface area contributed by atoms with Gasteiger partial charge in [0, 0.05) is 30.9 Å². The Morgan fingerprint density at radius 1 is 1.04 bits per heavy atom. The van der Waals surface area contributed by atoms with Crippen LogP contribution in [0.1, 0.15) is 34.6 Å². The number of aryl methyl sites for hydroxylation is 2. The number of aromatic nitrogens is 2. The Kier molecular flexibility index (Phi) is 6.11. The molecule has 1 fully saturated rings. The quantitative estimate of drug-likeness (QED) is 0.762. The first-order chi connectivity index (χ1) is 13.5. The Labute approximate surface area is 166 Å². The van der Waals surface area contributed by atoms with Gasteiger partial charge in [-0.1, -0.05) is 0 Å². The number of benzene rings is 1. The summed E-state index contributed by atoms with van der Waals surface area (Å²) in [6.07, 6.45) is 1.93. The van der Waals surface area contributed by atoms with Crippen LogP contribution in [-0.2, 0) is 6.54 Å². The van der Waals surface area contributed by atoms with Gasteiger partial charge in [-0.15, -0.1) is 0 Å². The predicted octanol–water partition coefficient (Wildman–Crippen LogP) is 3.08. The molecule has 0 atom stereocenters. The van der Waals surface area contributed by atoms with Gasteiger partial charge in [-0.05, 0) is 50.8 Å². The van der Waals surface area contributed by atoms with Crippen molar-refractivity contribution in [1.82, 2.24) is 14.7 Å². The van der Waals surface area contributed by atoms with Crippen molar-refractivity contribution in [2.24, 2.45) is 5.92 Å². The minimum Gasteiger partial charge on any atom is -0.493 e. The van der Waals surface area contributed by atoms with Gasteiger partial charge in [-0.25, -0.2) is 0 Å². The summed E-state index contributed by atoms with van der Waals surface area (Å²) in [4.78, 5) is 14.9. The summed E-state index contributed by atoms with van der Waals surface area (Å²) < 4.78 is 18.2. The van der Waals surface area contributed by atoms with Crippen LogP contribution in [0.15, 0.2) is 18.2 Å². The fraction of sp³-hybridized carbons (Fsp3) is 0.524. The highest BCUT2D eigenvalue weighted by molar-refractivity contribution is 5.95. The maximum absolute atomic E-state index is 13.0. The van der Waals surface area contributed by atoms with Crippen molar-refractivity contribution in [3.63, 3.8) is 0 Å². The highest BCUT2D eigenvalue weighted by Crippen LogP contribution is 2.38. The number of likely N-dealkylation sites (tertiary alicyclic amines) is 1. The predicted molar refractivity (Wildman–Crippen MR) is 106 cm³/mol. The van der Waals surface area contributed by atoms with Crippen molar-refractivity contribution in [3.8, 4) is 17.2 Å². The van der Waals surface area contributed by atoms with E-state index in [4.69, 9.17) is 14.2 Å². The van der Waals surface area contributed by atoms with Gasteiger partial charge in [0.2, 0.25) is 5.75 Å². The molecule has 1 aromatic carbocycles. The van der Waals surface area contributed by atoms with Crippen molar-refractivity contribution >= 4 is 5.91 Å². The Balaban J connectivity index is 1.67. The molecule has 1 aliphatic heterocycles. The second-order valence-electron chi connectivity index (χ2n) is 7.26. The van der Waals surface area contributed by atoms with Crippen molar-refractivity contribution in [1.29, 1.82) is 0 Å². The van der Waals surface area contributed by atoms with Gasteiger partial charge in [-0.3, -0.25) is 9.48 Å². The van der Waals surface area contributed by atoms with Crippen LogP contribution in [0.2, 0.25) is 0 Å². The SMILES string of the molecule is COc1cc(C(=O)N2CCC(Cn3nc(C)cc3C)CC2)cc(OC)c1OC. The zero-order valence-electron chi connectivity index (χ0n) is 17.3. The normalized spacial score (nSPS) is 14.8. The summed E-state index contributed by atoms with van der Waals surface area (Å²) >= 11 is 0. The Morgan fingerprint density at radius 3 is 2.11 bits per heavy atom. The van der Waals surface area contributed by atoms with Crippen LogP contribution in [-0.4, -0.2) is 55.0 Å². The Morgan fingerprint density at radius 2 is 1.64 bits per heavy atom. The number of nitrogens with zero attached hydrogens (tertiary/aromatic N) is 3. The number of amides is 1. The number of rotatable bonds is 6. The third-order valence-corrected chi connectivity index (χ3v) is 5.35. The first-order valence-electron chi connectivity index (χ1n) is 9.57. The molecule has 7 heteroatoms. The Hall–Kier alpha value is -2.70. The van der Waals surface area contributed by atoms with Gasteiger partial charge < -0.3 is 19.1 Å². The molecule has 0 radical (unpaired) electrons. The van der Waals surface area contributed by atoms with E-state index >= 15 is 0 Å². The molecule has 2 aromatic rings. The molecule has 7 nitrogen and oxygen atoms in total. The summed E-state index contributed by atoms with van der Waals surface area (Å²) in [6.45, 7) is 6.48. The number of carbonyl (C=O) groups is 1. The molecule has 1 aromatic heterocycles. The van der Waals surface area contributed by atoms with Gasteiger partial charge in [0.25, 0.3) is 5.91 Å². The monoisotopic (exact) mass is 387 g/mol. The van der Waals surface area contributed by atoms with Gasteiger partial charge in [-0.2, -0.15) is 5.10 Å². The van der Waals surface area contributed by atoms with Crippen molar-refractivity contribution in [3.05, 3.63) is 35.2 Å². The number of ether oxygens (including phenoxy) is 3. The summed E-state index contributed by atoms with van der Waals surface area (Å²) in [5.41, 5.74) is 2.78. The van der Waals surface area contributed by atoms with E-state index in [9.17, 15) is 4.79 Å². The summed E-state index contributed by atoms with van der Waals surface area (Å²) in [5.74, 6) is 1.99. The third-order valence-electron chi connectivity index (χ3n) is 5.35. The number of hydrogen-bond acceptors (Lipinski definition) is 5. The molecule has 1 aliphatic rings. The maximum atomic E-state index is 13.0. The van der Waals surface area contributed by atoms with Gasteiger partial charge in [0.15, 0.2) is 11.5 Å². The van der Waals surface area contributed by atoms with E-state index in [-0.39, 0.29) is 5.91 Å². The Bertz CT molecular complexity index is 813. The zero-order chi connectivity index (χ0) is 20.3. The van der Waals surface area contributed by atoms with Crippen molar-refractivity contribution < 1.29 is 19.0 Å². The lowest BCUT2D eigenvalue weighted by atomic mass is 9.96. The van der Waals surface area contributed by atoms with Crippen LogP contribution in [0.5, 0.6) is 17.2 Å². The summed E-state index contributed by atoms with van der Waals surface area (Å²) in [5, 5.41) is 4.56. The highest BCUT2D eigenvalue weighted by Gasteiger charge is 2.26. The molecule has 2 heterocycles. The van der Waals surface area contributed by atoms with E-state index in [0.717, 1.165) is 38.2 Å². The van der Waals surface area contributed by atoms with E-state index in [2.05, 4.69) is 22.8 Å². The average Bonchev–Trinajstić information content (AvgIpc) is 3.03. The van der Waals surface area contributed by atoms with Gasteiger partial charge in [0.1, 0.15) is 0 Å². The van der Waals surface area contributed by atoms with E-state index in [1.54, 1.807) is 33.5 Å². The van der Waals surface area contributed by atoms with Crippen molar-refractivity contribution in [2.75, 3.05) is 34.4 Å². The number of piperidine rings is 1. The molecule has 0 spiro atoms. The fourth-order valence-electron chi connectivity index (χ4n) is 3.81. The number of carbonyl (C=O) groups excluding carboxylic acids is 1. The smallest absolute Gasteiger partial charge is 0.254 e. The second-order valence-corrected chi connectivity index (χ2v) is 7.26. The van der Waals surface area contributed by atoms with Crippen LogP contribution in [0, 0.1) is 19.8 Å². The standard InChI is InChI=1S/C21H29N3O4/c1-14-10-15(2)24(22-14)13-16-6-8-23(9-7-16)21(25)17-11-18(26-3)20(28-5)19(12-17)27-4/h10-12,16H,6-9,13H2,1-5H3. The first-order valence-corrected chi connectivity index (χ1v) is 9.57. The van der Waals surface area contributed by atoms with E-state index in [1.165, 1.54) is 5.69 Å². The molecule has 3 rings (SSSR count). The molecule has 152 valence electrons. The molecule has 0 unspecified atom stereocenters. The molecular weight excluding hydrogens is 358 g/mol. The first kappa shape index (κ1) is 20.0. The minimum atomic E-state index is -0.0104. The maximum Gasteiger partial charge on any atom is 0.254 e. The zero-order valence-corrected chi connectivity index (χ0v) is 17.3. The minimum absolute atomic E-state index is 0.0104. The molecule has 0 N–H and O–H groups in total. The molecule has 0 bridgehead atoms. The lowest BCUT2D eigenvalue weighted by molar-refractivity contribution is 0.0680. The molecular formula is C21H29N3O4. The second kappa shape index (κ2) is 8.54. The lowest BCUT2D eigenvalue weighted by Gasteiger charge is -2.32. The molecule has 0 saturated carbocycles. The molecule has 1 saturated heterocycles. The topological polar surface area (TPSA) is 65.8 Å². The summed E-state index contributed by atoms with van der Waals surface area (Å²) in [7, 11) is 4.65. The van der Waals surface area contributed by atoms with E-state index in [1.807, 2.05) is 11.8 Å².